The molecular weight excluding hydrogens is 272 g/mol. The van der Waals surface area contributed by atoms with Gasteiger partial charge in [-0.15, -0.1) is 11.3 Å². The van der Waals surface area contributed by atoms with Crippen molar-refractivity contribution >= 4 is 22.9 Å². The van der Waals surface area contributed by atoms with Crippen LogP contribution in [0.5, 0.6) is 0 Å². The Balaban J connectivity index is 1.99. The molecule has 2 rings (SSSR count). The Bertz CT molecular complexity index is 609. The zero-order valence-electron chi connectivity index (χ0n) is 11.6. The number of hydrazine groups is 1. The van der Waals surface area contributed by atoms with E-state index in [2.05, 4.69) is 22.7 Å². The molecule has 0 saturated heterocycles. The van der Waals surface area contributed by atoms with Crippen molar-refractivity contribution in [3.05, 3.63) is 45.4 Å². The maximum Gasteiger partial charge on any atom is 0.251 e. The Labute approximate surface area is 122 Å². The number of hydrogen-bond donors (Lipinski definition) is 3. The minimum absolute atomic E-state index is 0.107. The molecule has 0 unspecified atom stereocenters. The number of anilines is 1. The molecule has 4 N–H and O–H groups in total. The van der Waals surface area contributed by atoms with Crippen LogP contribution >= 0.6 is 11.3 Å². The number of nitrogens with two attached hydrogens (primary N) is 1. The first-order valence-corrected chi connectivity index (χ1v) is 7.24. The van der Waals surface area contributed by atoms with Crippen molar-refractivity contribution in [1.82, 2.24) is 10.3 Å². The molecule has 0 aliphatic carbocycles. The Morgan fingerprint density at radius 3 is 2.85 bits per heavy atom. The third-order valence-electron chi connectivity index (χ3n) is 2.99. The Morgan fingerprint density at radius 1 is 1.45 bits per heavy atom. The van der Waals surface area contributed by atoms with E-state index in [-0.39, 0.29) is 5.91 Å². The van der Waals surface area contributed by atoms with Crippen molar-refractivity contribution in [3.8, 4) is 0 Å². The first kappa shape index (κ1) is 14.5. The number of nitrogen functional groups attached to an aromatic ring is 1. The smallest absolute Gasteiger partial charge is 0.251 e. The van der Waals surface area contributed by atoms with Crippen LogP contribution in [-0.2, 0) is 13.0 Å². The summed E-state index contributed by atoms with van der Waals surface area (Å²) >= 11 is 1.63. The zero-order valence-corrected chi connectivity index (χ0v) is 12.4. The molecule has 0 saturated carbocycles. The fraction of sp³-hybridized carbons (Fsp3) is 0.286. The Morgan fingerprint density at radius 2 is 2.25 bits per heavy atom. The number of hydrogen-bond acceptors (Lipinski definition) is 5. The lowest BCUT2D eigenvalue weighted by molar-refractivity contribution is 0.0951. The van der Waals surface area contributed by atoms with Crippen molar-refractivity contribution in [2.24, 2.45) is 5.84 Å². The molecule has 1 heterocycles. The van der Waals surface area contributed by atoms with Gasteiger partial charge >= 0.3 is 0 Å². The molecule has 6 heteroatoms. The highest BCUT2D eigenvalue weighted by atomic mass is 32.1. The first-order chi connectivity index (χ1) is 9.63. The number of benzene rings is 1. The highest BCUT2D eigenvalue weighted by Crippen LogP contribution is 2.16. The summed E-state index contributed by atoms with van der Waals surface area (Å²) < 4.78 is 0. The second-order valence-corrected chi connectivity index (χ2v) is 5.63. The van der Waals surface area contributed by atoms with Crippen LogP contribution < -0.4 is 16.6 Å². The Kier molecular flexibility index (Phi) is 4.70. The summed E-state index contributed by atoms with van der Waals surface area (Å²) in [7, 11) is 0. The molecule has 0 aliphatic rings. The van der Waals surface area contributed by atoms with Gasteiger partial charge in [0.1, 0.15) is 5.01 Å². The number of nitrogens with zero attached hydrogens (tertiary/aromatic N) is 1. The topological polar surface area (TPSA) is 80.0 Å². The summed E-state index contributed by atoms with van der Waals surface area (Å²) in [6, 6.07) is 5.35. The van der Waals surface area contributed by atoms with Gasteiger partial charge in [0.25, 0.3) is 5.91 Å². The van der Waals surface area contributed by atoms with E-state index in [1.165, 1.54) is 4.88 Å². The lowest BCUT2D eigenvalue weighted by Gasteiger charge is -2.08. The van der Waals surface area contributed by atoms with Crippen LogP contribution in [0, 0.1) is 6.92 Å². The van der Waals surface area contributed by atoms with Crippen molar-refractivity contribution in [1.29, 1.82) is 0 Å². The zero-order chi connectivity index (χ0) is 14.5. The average Bonchev–Trinajstić information content (AvgIpc) is 2.92. The standard InChI is InChI=1S/C14H18N4OS/c1-3-11-7-16-13(20-11)8-17-14(19)10-4-5-12(18-15)9(2)6-10/h4-7,18H,3,8,15H2,1-2H3,(H,17,19). The van der Waals surface area contributed by atoms with Crippen LogP contribution in [0.3, 0.4) is 0 Å². The van der Waals surface area contributed by atoms with Crippen molar-refractivity contribution in [3.63, 3.8) is 0 Å². The van der Waals surface area contributed by atoms with Gasteiger partial charge in [0.15, 0.2) is 0 Å². The van der Waals surface area contributed by atoms with Gasteiger partial charge in [0.2, 0.25) is 0 Å². The molecule has 1 aromatic carbocycles. The van der Waals surface area contributed by atoms with Crippen LogP contribution in [0.25, 0.3) is 0 Å². The maximum atomic E-state index is 12.1. The van der Waals surface area contributed by atoms with Gasteiger partial charge in [-0.25, -0.2) is 4.98 Å². The number of carbonyl (C=O) groups excluding carboxylic acids is 1. The molecule has 106 valence electrons. The molecule has 0 bridgehead atoms. The average molecular weight is 290 g/mol. The second-order valence-electron chi connectivity index (χ2n) is 4.43. The van der Waals surface area contributed by atoms with Gasteiger partial charge in [-0.05, 0) is 37.1 Å². The van der Waals surface area contributed by atoms with Crippen LogP contribution in [0.1, 0.15) is 32.7 Å². The van der Waals surface area contributed by atoms with E-state index in [9.17, 15) is 4.79 Å². The SMILES string of the molecule is CCc1cnc(CNC(=O)c2ccc(NN)c(C)c2)s1. The molecule has 0 radical (unpaired) electrons. The number of amides is 1. The summed E-state index contributed by atoms with van der Waals surface area (Å²) in [5, 5.41) is 3.80. The molecule has 0 aliphatic heterocycles. The first-order valence-electron chi connectivity index (χ1n) is 6.43. The van der Waals surface area contributed by atoms with E-state index in [1.807, 2.05) is 19.2 Å². The highest BCUT2D eigenvalue weighted by Gasteiger charge is 2.08. The molecule has 0 fully saturated rings. The third kappa shape index (κ3) is 3.34. The fourth-order valence-corrected chi connectivity index (χ4v) is 2.62. The molecular formula is C14H18N4OS. The molecule has 20 heavy (non-hydrogen) atoms. The molecule has 1 aromatic heterocycles. The van der Waals surface area contributed by atoms with E-state index >= 15 is 0 Å². The van der Waals surface area contributed by atoms with Gasteiger partial charge in [0, 0.05) is 16.6 Å². The number of rotatable bonds is 5. The van der Waals surface area contributed by atoms with Gasteiger partial charge in [0.05, 0.1) is 12.2 Å². The summed E-state index contributed by atoms with van der Waals surface area (Å²) in [5.74, 6) is 5.26. The molecule has 2 aromatic rings. The van der Waals surface area contributed by atoms with Gasteiger partial charge in [-0.2, -0.15) is 0 Å². The van der Waals surface area contributed by atoms with Gasteiger partial charge in [-0.3, -0.25) is 10.6 Å². The summed E-state index contributed by atoms with van der Waals surface area (Å²) in [4.78, 5) is 17.6. The Hall–Kier alpha value is -1.92. The molecule has 0 atom stereocenters. The predicted octanol–water partition coefficient (Wildman–Crippen LogP) is 2.23. The summed E-state index contributed by atoms with van der Waals surface area (Å²) in [5.41, 5.74) is 4.95. The predicted molar refractivity (Wildman–Crippen MR) is 81.7 cm³/mol. The van der Waals surface area contributed by atoms with Gasteiger partial charge in [-0.1, -0.05) is 6.92 Å². The van der Waals surface area contributed by atoms with Gasteiger partial charge < -0.3 is 10.7 Å². The number of aryl methyl sites for hydroxylation is 2. The lowest BCUT2D eigenvalue weighted by atomic mass is 10.1. The summed E-state index contributed by atoms with van der Waals surface area (Å²) in [6.07, 6.45) is 2.83. The normalized spacial score (nSPS) is 10.3. The largest absolute Gasteiger partial charge is 0.346 e. The fourth-order valence-electron chi connectivity index (χ4n) is 1.82. The highest BCUT2D eigenvalue weighted by molar-refractivity contribution is 7.11. The number of aromatic nitrogens is 1. The van der Waals surface area contributed by atoms with E-state index < -0.39 is 0 Å². The quantitative estimate of drug-likeness (QED) is 0.583. The van der Waals surface area contributed by atoms with Crippen LogP contribution in [-0.4, -0.2) is 10.9 Å². The van der Waals surface area contributed by atoms with Crippen LogP contribution in [0.4, 0.5) is 5.69 Å². The third-order valence-corrected chi connectivity index (χ3v) is 4.14. The van der Waals surface area contributed by atoms with Crippen LogP contribution in [0.15, 0.2) is 24.4 Å². The molecule has 5 nitrogen and oxygen atoms in total. The number of carbonyl (C=O) groups is 1. The minimum Gasteiger partial charge on any atom is -0.346 e. The lowest BCUT2D eigenvalue weighted by Crippen LogP contribution is -2.23. The maximum absolute atomic E-state index is 12.1. The van der Waals surface area contributed by atoms with Crippen molar-refractivity contribution in [2.45, 2.75) is 26.8 Å². The van der Waals surface area contributed by atoms with Crippen molar-refractivity contribution in [2.75, 3.05) is 5.43 Å². The minimum atomic E-state index is -0.107. The van der Waals surface area contributed by atoms with E-state index in [0.29, 0.717) is 12.1 Å². The van der Waals surface area contributed by atoms with E-state index in [4.69, 9.17) is 5.84 Å². The van der Waals surface area contributed by atoms with Crippen LogP contribution in [0.2, 0.25) is 0 Å². The summed E-state index contributed by atoms with van der Waals surface area (Å²) in [6.45, 7) is 4.45. The van der Waals surface area contributed by atoms with E-state index in [0.717, 1.165) is 22.7 Å². The van der Waals surface area contributed by atoms with E-state index in [1.54, 1.807) is 23.5 Å². The molecule has 1 amide bonds. The molecule has 0 spiro atoms. The second kappa shape index (κ2) is 6.49. The van der Waals surface area contributed by atoms with Crippen molar-refractivity contribution < 1.29 is 4.79 Å². The number of nitrogens with one attached hydrogen (secondary N) is 2. The number of thiazole rings is 1. The monoisotopic (exact) mass is 290 g/mol.